The van der Waals surface area contributed by atoms with Crippen LogP contribution >= 0.6 is 11.3 Å². The van der Waals surface area contributed by atoms with Crippen molar-refractivity contribution in [1.29, 1.82) is 0 Å². The summed E-state index contributed by atoms with van der Waals surface area (Å²) in [6.45, 7) is 3.60. The molecule has 0 bridgehead atoms. The normalized spacial score (nSPS) is 10.3. The van der Waals surface area contributed by atoms with E-state index < -0.39 is 11.9 Å². The van der Waals surface area contributed by atoms with Crippen LogP contribution in [0.4, 0.5) is 10.7 Å². The summed E-state index contributed by atoms with van der Waals surface area (Å²) in [7, 11) is 2.85. The van der Waals surface area contributed by atoms with E-state index >= 15 is 0 Å². The fraction of sp³-hybridized carbons (Fsp3) is 0.500. The fourth-order valence-electron chi connectivity index (χ4n) is 1.74. The number of carbonyl (C=O) groups excluding carboxylic acids is 2. The highest BCUT2D eigenvalue weighted by Gasteiger charge is 2.27. The molecule has 0 unspecified atom stereocenters. The Morgan fingerprint density at radius 1 is 1.35 bits per heavy atom. The van der Waals surface area contributed by atoms with Gasteiger partial charge in [-0.3, -0.25) is 4.79 Å². The van der Waals surface area contributed by atoms with Crippen LogP contribution in [0.1, 0.15) is 27.0 Å². The Labute approximate surface area is 121 Å². The third kappa shape index (κ3) is 3.20. The molecule has 1 aromatic heterocycles. The maximum Gasteiger partial charge on any atom is 0.350 e. The van der Waals surface area contributed by atoms with Crippen LogP contribution in [-0.2, 0) is 9.47 Å². The number of nitrogens with zero attached hydrogens (tertiary/aromatic N) is 1. The average molecular weight is 301 g/mol. The van der Waals surface area contributed by atoms with Crippen molar-refractivity contribution < 1.29 is 19.1 Å². The van der Waals surface area contributed by atoms with Crippen molar-refractivity contribution in [2.45, 2.75) is 6.92 Å². The minimum Gasteiger partial charge on any atom is -0.465 e. The molecule has 0 aliphatic carbocycles. The number of ether oxygens (including phenoxy) is 2. The zero-order chi connectivity index (χ0) is 15.3. The van der Waals surface area contributed by atoms with Crippen LogP contribution in [0.15, 0.2) is 0 Å². The number of anilines is 2. The van der Waals surface area contributed by atoms with Crippen LogP contribution in [0.2, 0.25) is 0 Å². The molecule has 1 amide bonds. The Morgan fingerprint density at radius 3 is 2.45 bits per heavy atom. The van der Waals surface area contributed by atoms with E-state index in [0.29, 0.717) is 24.7 Å². The number of methoxy groups -OCH3 is 2. The third-order valence-electron chi connectivity index (χ3n) is 2.78. The number of hydrogen-bond donors (Lipinski definition) is 2. The van der Waals surface area contributed by atoms with E-state index in [2.05, 4.69) is 4.74 Å². The number of likely N-dealkylation sites (N-methyl/N-ethyl adjacent to an activating group) is 1. The van der Waals surface area contributed by atoms with E-state index in [4.69, 9.17) is 16.2 Å². The molecular formula is C12H19N3O4S. The van der Waals surface area contributed by atoms with E-state index in [1.54, 1.807) is 7.11 Å². The molecule has 0 spiro atoms. The lowest BCUT2D eigenvalue weighted by molar-refractivity contribution is 0.0607. The first kappa shape index (κ1) is 16.3. The van der Waals surface area contributed by atoms with E-state index in [0.717, 1.165) is 11.3 Å². The van der Waals surface area contributed by atoms with Gasteiger partial charge >= 0.3 is 5.97 Å². The van der Waals surface area contributed by atoms with Gasteiger partial charge in [0.1, 0.15) is 9.88 Å². The summed E-state index contributed by atoms with van der Waals surface area (Å²) >= 11 is 1.10. The van der Waals surface area contributed by atoms with E-state index in [9.17, 15) is 9.59 Å². The van der Waals surface area contributed by atoms with Gasteiger partial charge in [0.05, 0.1) is 25.0 Å². The molecule has 0 saturated carbocycles. The van der Waals surface area contributed by atoms with Crippen molar-refractivity contribution in [3.8, 4) is 0 Å². The second-order valence-corrected chi connectivity index (χ2v) is 4.95. The van der Waals surface area contributed by atoms with Crippen molar-refractivity contribution >= 4 is 33.9 Å². The summed E-state index contributed by atoms with van der Waals surface area (Å²) in [5.74, 6) is -1.25. The molecule has 0 aliphatic rings. The Kier molecular flexibility index (Phi) is 5.78. The molecule has 1 rings (SSSR count). The molecule has 8 heteroatoms. The lowest BCUT2D eigenvalue weighted by Gasteiger charge is -2.21. The van der Waals surface area contributed by atoms with Gasteiger partial charge in [0.15, 0.2) is 0 Å². The second kappa shape index (κ2) is 7.11. The number of primary amides is 1. The van der Waals surface area contributed by atoms with Crippen LogP contribution in [0.3, 0.4) is 0 Å². The molecule has 20 heavy (non-hydrogen) atoms. The number of nitrogen functional groups attached to an aromatic ring is 1. The van der Waals surface area contributed by atoms with Crippen LogP contribution in [0, 0.1) is 0 Å². The molecule has 0 saturated heterocycles. The SMILES string of the molecule is CCN(CCOC)c1sc(C(=O)OC)c(N)c1C(N)=O. The number of esters is 1. The summed E-state index contributed by atoms with van der Waals surface area (Å²) in [5, 5.41) is 0.565. The molecule has 0 aromatic carbocycles. The lowest BCUT2D eigenvalue weighted by Crippen LogP contribution is -2.28. The fourth-order valence-corrected chi connectivity index (χ4v) is 2.98. The van der Waals surface area contributed by atoms with Crippen molar-refractivity contribution in [2.75, 3.05) is 44.5 Å². The van der Waals surface area contributed by atoms with E-state index in [-0.39, 0.29) is 16.1 Å². The van der Waals surface area contributed by atoms with Crippen molar-refractivity contribution in [3.63, 3.8) is 0 Å². The van der Waals surface area contributed by atoms with Gasteiger partial charge in [0.25, 0.3) is 5.91 Å². The summed E-state index contributed by atoms with van der Waals surface area (Å²) in [6, 6.07) is 0. The number of rotatable bonds is 7. The molecule has 0 fully saturated rings. The zero-order valence-corrected chi connectivity index (χ0v) is 12.6. The first-order chi connectivity index (χ1) is 9.47. The first-order valence-corrected chi connectivity index (χ1v) is 6.83. The number of amides is 1. The predicted octanol–water partition coefficient (Wildman–Crippen LogP) is 0.688. The molecule has 0 radical (unpaired) electrons. The monoisotopic (exact) mass is 301 g/mol. The van der Waals surface area contributed by atoms with Crippen LogP contribution in [0.5, 0.6) is 0 Å². The number of thiophene rings is 1. The highest BCUT2D eigenvalue weighted by atomic mass is 32.1. The topological polar surface area (TPSA) is 108 Å². The third-order valence-corrected chi connectivity index (χ3v) is 4.02. The van der Waals surface area contributed by atoms with Crippen LogP contribution < -0.4 is 16.4 Å². The molecular weight excluding hydrogens is 282 g/mol. The number of nitrogens with two attached hydrogens (primary N) is 2. The minimum atomic E-state index is -0.667. The van der Waals surface area contributed by atoms with Gasteiger partial charge in [-0.2, -0.15) is 0 Å². The van der Waals surface area contributed by atoms with Gasteiger partial charge in [-0.25, -0.2) is 4.79 Å². The van der Waals surface area contributed by atoms with Crippen molar-refractivity contribution in [3.05, 3.63) is 10.4 Å². The van der Waals surface area contributed by atoms with E-state index in [1.165, 1.54) is 7.11 Å². The van der Waals surface area contributed by atoms with Gasteiger partial charge in [-0.1, -0.05) is 0 Å². The largest absolute Gasteiger partial charge is 0.465 e. The van der Waals surface area contributed by atoms with Gasteiger partial charge in [0.2, 0.25) is 0 Å². The molecule has 4 N–H and O–H groups in total. The molecule has 7 nitrogen and oxygen atoms in total. The Bertz CT molecular complexity index is 501. The predicted molar refractivity (Wildman–Crippen MR) is 78.4 cm³/mol. The van der Waals surface area contributed by atoms with Gasteiger partial charge < -0.3 is 25.8 Å². The minimum absolute atomic E-state index is 0.0696. The zero-order valence-electron chi connectivity index (χ0n) is 11.8. The van der Waals surface area contributed by atoms with Crippen LogP contribution in [0.25, 0.3) is 0 Å². The Morgan fingerprint density at radius 2 is 2.00 bits per heavy atom. The maximum atomic E-state index is 11.7. The molecule has 112 valence electrons. The number of hydrogen-bond acceptors (Lipinski definition) is 7. The summed E-state index contributed by atoms with van der Waals surface area (Å²) in [6.07, 6.45) is 0. The van der Waals surface area contributed by atoms with Gasteiger partial charge in [-0.15, -0.1) is 11.3 Å². The highest BCUT2D eigenvalue weighted by Crippen LogP contribution is 2.38. The maximum absolute atomic E-state index is 11.7. The second-order valence-electron chi connectivity index (χ2n) is 3.95. The summed E-state index contributed by atoms with van der Waals surface area (Å²) in [4.78, 5) is 25.3. The van der Waals surface area contributed by atoms with Crippen molar-refractivity contribution in [2.24, 2.45) is 5.73 Å². The Balaban J connectivity index is 3.29. The first-order valence-electron chi connectivity index (χ1n) is 6.02. The smallest absolute Gasteiger partial charge is 0.350 e. The average Bonchev–Trinajstić information content (AvgIpc) is 2.76. The standard InChI is InChI=1S/C12H19N3O4S/c1-4-15(5-6-18-2)11-7(10(14)16)8(13)9(20-11)12(17)19-3/h4-6,13H2,1-3H3,(H2,14,16). The molecule has 1 aromatic rings. The molecule has 0 atom stereocenters. The summed E-state index contributed by atoms with van der Waals surface area (Å²) < 4.78 is 9.68. The highest BCUT2D eigenvalue weighted by molar-refractivity contribution is 7.19. The summed E-state index contributed by atoms with van der Waals surface area (Å²) in [5.41, 5.74) is 11.5. The molecule has 1 heterocycles. The van der Waals surface area contributed by atoms with Crippen LogP contribution in [-0.4, -0.2) is 45.8 Å². The van der Waals surface area contributed by atoms with Gasteiger partial charge in [0, 0.05) is 20.2 Å². The number of carbonyl (C=O) groups is 2. The molecule has 0 aliphatic heterocycles. The Hall–Kier alpha value is -1.80. The van der Waals surface area contributed by atoms with Gasteiger partial charge in [-0.05, 0) is 6.92 Å². The van der Waals surface area contributed by atoms with Crippen molar-refractivity contribution in [1.82, 2.24) is 0 Å². The lowest BCUT2D eigenvalue weighted by atomic mass is 10.2. The quantitative estimate of drug-likeness (QED) is 0.717. The van der Waals surface area contributed by atoms with E-state index in [1.807, 2.05) is 11.8 Å².